The Hall–Kier alpha value is -1.68. The highest BCUT2D eigenvalue weighted by Crippen LogP contribution is 2.24. The lowest BCUT2D eigenvalue weighted by molar-refractivity contribution is 0.403. The van der Waals surface area contributed by atoms with E-state index in [-0.39, 0.29) is 6.04 Å². The van der Waals surface area contributed by atoms with Crippen LogP contribution < -0.4 is 11.1 Å². The number of rotatable bonds is 2. The van der Waals surface area contributed by atoms with Crippen molar-refractivity contribution in [2.24, 2.45) is 5.73 Å². The molecule has 1 aromatic carbocycles. The van der Waals surface area contributed by atoms with E-state index >= 15 is 0 Å². The number of nitrogens with zero attached hydrogens (tertiary/aromatic N) is 2. The van der Waals surface area contributed by atoms with Crippen molar-refractivity contribution in [1.82, 2.24) is 10.2 Å². The quantitative estimate of drug-likeness (QED) is 0.848. The molecule has 1 aromatic heterocycles. The van der Waals surface area contributed by atoms with Gasteiger partial charge in [0, 0.05) is 22.9 Å². The Bertz CT molecular complexity index is 535. The normalized spacial score (nSPS) is 24.1. The first-order valence-corrected chi connectivity index (χ1v) is 6.57. The molecule has 1 heterocycles. The van der Waals surface area contributed by atoms with Crippen LogP contribution in [0.15, 0.2) is 30.5 Å². The van der Waals surface area contributed by atoms with Gasteiger partial charge in [0.05, 0.1) is 6.20 Å². The zero-order chi connectivity index (χ0) is 12.4. The number of nitrogens with two attached hydrogens (primary N) is 1. The molecule has 0 bridgehead atoms. The number of anilines is 1. The topological polar surface area (TPSA) is 63.8 Å². The Morgan fingerprint density at radius 2 is 2.00 bits per heavy atom. The summed E-state index contributed by atoms with van der Waals surface area (Å²) in [7, 11) is 0. The Labute approximate surface area is 107 Å². The molecule has 4 nitrogen and oxygen atoms in total. The fourth-order valence-electron chi connectivity index (χ4n) is 2.65. The molecule has 1 saturated carbocycles. The van der Waals surface area contributed by atoms with E-state index in [1.807, 2.05) is 12.1 Å². The summed E-state index contributed by atoms with van der Waals surface area (Å²) in [6.45, 7) is 0. The molecule has 2 aromatic rings. The summed E-state index contributed by atoms with van der Waals surface area (Å²) in [4.78, 5) is 0. The third kappa shape index (κ3) is 2.16. The van der Waals surface area contributed by atoms with Gasteiger partial charge in [-0.05, 0) is 12.8 Å². The molecule has 0 aliphatic heterocycles. The molecule has 18 heavy (non-hydrogen) atoms. The molecule has 4 heteroatoms. The van der Waals surface area contributed by atoms with Crippen molar-refractivity contribution in [3.63, 3.8) is 0 Å². The van der Waals surface area contributed by atoms with E-state index in [4.69, 9.17) is 5.73 Å². The summed E-state index contributed by atoms with van der Waals surface area (Å²) in [5.41, 5.74) is 6.16. The van der Waals surface area contributed by atoms with E-state index in [1.54, 1.807) is 6.20 Å². The molecule has 2 atom stereocenters. The van der Waals surface area contributed by atoms with Gasteiger partial charge < -0.3 is 11.1 Å². The van der Waals surface area contributed by atoms with Crippen LogP contribution in [-0.2, 0) is 0 Å². The van der Waals surface area contributed by atoms with Crippen LogP contribution in [0.25, 0.3) is 10.8 Å². The molecule has 1 aliphatic rings. The van der Waals surface area contributed by atoms with Gasteiger partial charge in [0.25, 0.3) is 0 Å². The summed E-state index contributed by atoms with van der Waals surface area (Å²) in [5, 5.41) is 14.0. The highest BCUT2D eigenvalue weighted by molar-refractivity contribution is 5.90. The van der Waals surface area contributed by atoms with Crippen molar-refractivity contribution in [1.29, 1.82) is 0 Å². The van der Waals surface area contributed by atoms with Crippen LogP contribution in [0.2, 0.25) is 0 Å². The van der Waals surface area contributed by atoms with Gasteiger partial charge >= 0.3 is 0 Å². The molecular formula is C14H18N4. The second kappa shape index (κ2) is 4.90. The van der Waals surface area contributed by atoms with Crippen molar-refractivity contribution in [2.45, 2.75) is 37.8 Å². The van der Waals surface area contributed by atoms with Gasteiger partial charge in [-0.3, -0.25) is 0 Å². The first-order valence-electron chi connectivity index (χ1n) is 6.57. The molecule has 0 amide bonds. The van der Waals surface area contributed by atoms with E-state index in [9.17, 15) is 0 Å². The largest absolute Gasteiger partial charge is 0.364 e. The van der Waals surface area contributed by atoms with Crippen molar-refractivity contribution < 1.29 is 0 Å². The molecule has 1 aliphatic carbocycles. The highest BCUT2D eigenvalue weighted by Gasteiger charge is 2.22. The third-order valence-electron chi connectivity index (χ3n) is 3.71. The van der Waals surface area contributed by atoms with Gasteiger partial charge in [-0.2, -0.15) is 5.10 Å². The van der Waals surface area contributed by atoms with Gasteiger partial charge in [-0.1, -0.05) is 37.1 Å². The summed E-state index contributed by atoms with van der Waals surface area (Å²) in [6.07, 6.45) is 6.48. The summed E-state index contributed by atoms with van der Waals surface area (Å²) >= 11 is 0. The zero-order valence-corrected chi connectivity index (χ0v) is 10.3. The van der Waals surface area contributed by atoms with Crippen molar-refractivity contribution in [3.05, 3.63) is 30.5 Å². The average molecular weight is 242 g/mol. The monoisotopic (exact) mass is 242 g/mol. The van der Waals surface area contributed by atoms with Gasteiger partial charge in [-0.15, -0.1) is 5.10 Å². The van der Waals surface area contributed by atoms with Crippen LogP contribution in [-0.4, -0.2) is 22.3 Å². The van der Waals surface area contributed by atoms with Gasteiger partial charge in [0.15, 0.2) is 5.82 Å². The molecule has 2 unspecified atom stereocenters. The number of hydrogen-bond donors (Lipinski definition) is 2. The van der Waals surface area contributed by atoms with E-state index in [0.29, 0.717) is 6.04 Å². The lowest BCUT2D eigenvalue weighted by atomic mass is 9.91. The molecule has 0 saturated heterocycles. The molecule has 1 fully saturated rings. The number of fused-ring (bicyclic) bond motifs is 1. The number of hydrogen-bond acceptors (Lipinski definition) is 4. The Morgan fingerprint density at radius 3 is 2.89 bits per heavy atom. The number of benzene rings is 1. The fourth-order valence-corrected chi connectivity index (χ4v) is 2.65. The average Bonchev–Trinajstić information content (AvgIpc) is 2.42. The summed E-state index contributed by atoms with van der Waals surface area (Å²) in [6, 6.07) is 8.70. The van der Waals surface area contributed by atoms with Crippen LogP contribution in [0.1, 0.15) is 25.7 Å². The van der Waals surface area contributed by atoms with Gasteiger partial charge in [0.1, 0.15) is 0 Å². The van der Waals surface area contributed by atoms with E-state index in [0.717, 1.165) is 29.4 Å². The van der Waals surface area contributed by atoms with Crippen LogP contribution in [0.3, 0.4) is 0 Å². The predicted molar refractivity (Wildman–Crippen MR) is 73.4 cm³/mol. The predicted octanol–water partition coefficient (Wildman–Crippen LogP) is 2.31. The van der Waals surface area contributed by atoms with Crippen molar-refractivity contribution in [2.75, 3.05) is 5.32 Å². The van der Waals surface area contributed by atoms with Gasteiger partial charge in [0.2, 0.25) is 0 Å². The third-order valence-corrected chi connectivity index (χ3v) is 3.71. The highest BCUT2D eigenvalue weighted by atomic mass is 15.2. The van der Waals surface area contributed by atoms with E-state index in [1.165, 1.54) is 12.8 Å². The van der Waals surface area contributed by atoms with Crippen molar-refractivity contribution in [3.8, 4) is 0 Å². The molecule has 94 valence electrons. The maximum absolute atomic E-state index is 6.16. The second-order valence-corrected chi connectivity index (χ2v) is 4.98. The smallest absolute Gasteiger partial charge is 0.156 e. The molecular weight excluding hydrogens is 224 g/mol. The molecule has 0 spiro atoms. The van der Waals surface area contributed by atoms with Crippen LogP contribution in [0, 0.1) is 0 Å². The Morgan fingerprint density at radius 1 is 1.17 bits per heavy atom. The Kier molecular flexibility index (Phi) is 3.11. The lowest BCUT2D eigenvalue weighted by Gasteiger charge is -2.29. The number of nitrogens with one attached hydrogen (secondary N) is 1. The van der Waals surface area contributed by atoms with Crippen LogP contribution >= 0.6 is 0 Å². The zero-order valence-electron chi connectivity index (χ0n) is 10.3. The second-order valence-electron chi connectivity index (χ2n) is 4.98. The van der Waals surface area contributed by atoms with E-state index in [2.05, 4.69) is 27.6 Å². The molecule has 0 radical (unpaired) electrons. The minimum atomic E-state index is 0.222. The van der Waals surface area contributed by atoms with Crippen molar-refractivity contribution >= 4 is 16.6 Å². The first-order chi connectivity index (χ1) is 8.84. The fraction of sp³-hybridized carbons (Fsp3) is 0.429. The maximum Gasteiger partial charge on any atom is 0.156 e. The SMILES string of the molecule is NC1CCCCC1Nc1nncc2ccccc12. The first kappa shape index (κ1) is 11.4. The molecule has 3 rings (SSSR count). The minimum absolute atomic E-state index is 0.222. The molecule has 3 N–H and O–H groups in total. The summed E-state index contributed by atoms with van der Waals surface area (Å²) < 4.78 is 0. The Balaban J connectivity index is 1.90. The van der Waals surface area contributed by atoms with E-state index < -0.39 is 0 Å². The maximum atomic E-state index is 6.16. The van der Waals surface area contributed by atoms with Crippen LogP contribution in [0.4, 0.5) is 5.82 Å². The summed E-state index contributed by atoms with van der Waals surface area (Å²) in [5.74, 6) is 0.857. The standard InChI is InChI=1S/C14H18N4/c15-12-7-3-4-8-13(12)17-14-11-6-2-1-5-10(11)9-16-18-14/h1-2,5-6,9,12-13H,3-4,7-8,15H2,(H,17,18). The lowest BCUT2D eigenvalue weighted by Crippen LogP contribution is -2.42. The van der Waals surface area contributed by atoms with Crippen LogP contribution in [0.5, 0.6) is 0 Å². The van der Waals surface area contributed by atoms with Gasteiger partial charge in [-0.25, -0.2) is 0 Å². The number of aromatic nitrogens is 2. The minimum Gasteiger partial charge on any atom is -0.364 e.